The fraction of sp³-hybridized carbons (Fsp3) is 0.389. The van der Waals surface area contributed by atoms with E-state index in [1.54, 1.807) is 29.9 Å². The maximum atomic E-state index is 12.5. The lowest BCUT2D eigenvalue weighted by atomic mass is 10.1. The maximum Gasteiger partial charge on any atom is 0.266 e. The number of methoxy groups -OCH3 is 1. The predicted octanol–water partition coefficient (Wildman–Crippen LogP) is 2.39. The van der Waals surface area contributed by atoms with E-state index in [0.717, 1.165) is 29.1 Å². The molecule has 1 aromatic heterocycles. The molecule has 7 heteroatoms. The Morgan fingerprint density at radius 3 is 3.04 bits per heavy atom. The van der Waals surface area contributed by atoms with Crippen molar-refractivity contribution in [1.82, 2.24) is 14.7 Å². The molecule has 2 heterocycles. The van der Waals surface area contributed by atoms with Crippen molar-refractivity contribution in [2.75, 3.05) is 14.2 Å². The normalized spacial score (nSPS) is 16.3. The second-order valence-corrected chi connectivity index (χ2v) is 6.00. The van der Waals surface area contributed by atoms with Crippen molar-refractivity contribution in [2.45, 2.75) is 32.4 Å². The molecule has 0 spiro atoms. The van der Waals surface area contributed by atoms with Crippen LogP contribution in [0.5, 0.6) is 5.75 Å². The van der Waals surface area contributed by atoms with Gasteiger partial charge >= 0.3 is 0 Å². The van der Waals surface area contributed by atoms with Gasteiger partial charge < -0.3 is 14.5 Å². The minimum absolute atomic E-state index is 0.0682. The number of oxime groups is 1. The summed E-state index contributed by atoms with van der Waals surface area (Å²) in [6.45, 7) is 2.47. The van der Waals surface area contributed by atoms with E-state index in [2.05, 4.69) is 10.3 Å². The summed E-state index contributed by atoms with van der Waals surface area (Å²) in [6, 6.07) is 7.65. The molecule has 1 aromatic carbocycles. The average molecular weight is 342 g/mol. The van der Waals surface area contributed by atoms with Crippen molar-refractivity contribution in [3.05, 3.63) is 42.2 Å². The molecular weight excluding hydrogens is 320 g/mol. The van der Waals surface area contributed by atoms with E-state index in [1.807, 2.05) is 37.4 Å². The second-order valence-electron chi connectivity index (χ2n) is 6.00. The second kappa shape index (κ2) is 7.38. The van der Waals surface area contributed by atoms with Gasteiger partial charge in [-0.3, -0.25) is 4.79 Å². The van der Waals surface area contributed by atoms with Crippen LogP contribution >= 0.6 is 0 Å². The number of hydrogen-bond donors (Lipinski definition) is 0. The standard InChI is InChI=1S/C18H22N4O3/c1-4-14-8-17(25-20-14)18(23)21(2)11-13-10-19-22(12-13)15-6-5-7-16(9-15)24-3/h5-7,9-10,12,17H,4,8,11H2,1-3H3. The number of aromatic nitrogens is 2. The van der Waals surface area contributed by atoms with Crippen LogP contribution in [0.4, 0.5) is 0 Å². The fourth-order valence-electron chi connectivity index (χ4n) is 2.70. The van der Waals surface area contributed by atoms with Crippen LogP contribution in [0.2, 0.25) is 0 Å². The van der Waals surface area contributed by atoms with Gasteiger partial charge in [0.1, 0.15) is 5.75 Å². The predicted molar refractivity (Wildman–Crippen MR) is 93.8 cm³/mol. The zero-order valence-corrected chi connectivity index (χ0v) is 14.7. The summed E-state index contributed by atoms with van der Waals surface area (Å²) >= 11 is 0. The third-order valence-corrected chi connectivity index (χ3v) is 4.16. The summed E-state index contributed by atoms with van der Waals surface area (Å²) in [7, 11) is 3.39. The van der Waals surface area contributed by atoms with Crippen LogP contribution in [0.25, 0.3) is 5.69 Å². The third-order valence-electron chi connectivity index (χ3n) is 4.16. The minimum Gasteiger partial charge on any atom is -0.497 e. The SMILES string of the molecule is CCC1=NOC(C(=O)N(C)Cc2cnn(-c3cccc(OC)c3)c2)C1. The van der Waals surface area contributed by atoms with Crippen molar-refractivity contribution >= 4 is 11.6 Å². The largest absolute Gasteiger partial charge is 0.497 e. The lowest BCUT2D eigenvalue weighted by Gasteiger charge is -2.19. The number of amides is 1. The maximum absolute atomic E-state index is 12.5. The van der Waals surface area contributed by atoms with E-state index in [-0.39, 0.29) is 5.91 Å². The molecule has 0 aliphatic carbocycles. The van der Waals surface area contributed by atoms with Crippen LogP contribution in [0, 0.1) is 0 Å². The molecule has 1 unspecified atom stereocenters. The molecule has 1 amide bonds. The molecule has 0 bridgehead atoms. The number of nitrogens with zero attached hydrogens (tertiary/aromatic N) is 4. The quantitative estimate of drug-likeness (QED) is 0.808. The van der Waals surface area contributed by atoms with Gasteiger partial charge in [-0.15, -0.1) is 0 Å². The molecular formula is C18H22N4O3. The average Bonchev–Trinajstić information content (AvgIpc) is 3.30. The van der Waals surface area contributed by atoms with E-state index in [4.69, 9.17) is 9.57 Å². The van der Waals surface area contributed by atoms with Gasteiger partial charge in [-0.05, 0) is 18.6 Å². The van der Waals surface area contributed by atoms with Crippen LogP contribution in [-0.2, 0) is 16.2 Å². The summed E-state index contributed by atoms with van der Waals surface area (Å²) in [5.41, 5.74) is 2.77. The van der Waals surface area contributed by atoms with E-state index in [1.165, 1.54) is 0 Å². The molecule has 25 heavy (non-hydrogen) atoms. The van der Waals surface area contributed by atoms with Crippen molar-refractivity contribution in [1.29, 1.82) is 0 Å². The lowest BCUT2D eigenvalue weighted by Crippen LogP contribution is -2.36. The molecule has 1 aliphatic heterocycles. The number of likely N-dealkylation sites (N-methyl/N-ethyl adjacent to an activating group) is 1. The van der Waals surface area contributed by atoms with E-state index in [9.17, 15) is 4.79 Å². The minimum atomic E-state index is -0.506. The molecule has 2 aromatic rings. The number of hydrogen-bond acceptors (Lipinski definition) is 5. The van der Waals surface area contributed by atoms with Gasteiger partial charge in [0.2, 0.25) is 6.10 Å². The van der Waals surface area contributed by atoms with Gasteiger partial charge in [0.15, 0.2) is 0 Å². The third kappa shape index (κ3) is 3.81. The highest BCUT2D eigenvalue weighted by atomic mass is 16.6. The Balaban J connectivity index is 1.64. The van der Waals surface area contributed by atoms with Crippen molar-refractivity contribution in [3.63, 3.8) is 0 Å². The van der Waals surface area contributed by atoms with E-state index < -0.39 is 6.10 Å². The molecule has 1 aliphatic rings. The Hall–Kier alpha value is -2.83. The molecule has 3 rings (SSSR count). The number of rotatable bonds is 6. The summed E-state index contributed by atoms with van der Waals surface area (Å²) < 4.78 is 7.00. The molecule has 7 nitrogen and oxygen atoms in total. The van der Waals surface area contributed by atoms with E-state index in [0.29, 0.717) is 13.0 Å². The Morgan fingerprint density at radius 1 is 1.48 bits per heavy atom. The summed E-state index contributed by atoms with van der Waals surface area (Å²) in [4.78, 5) is 19.3. The molecule has 0 fully saturated rings. The zero-order valence-electron chi connectivity index (χ0n) is 14.7. The van der Waals surface area contributed by atoms with E-state index >= 15 is 0 Å². The van der Waals surface area contributed by atoms with Crippen LogP contribution < -0.4 is 4.74 Å². The molecule has 0 saturated heterocycles. The first-order valence-electron chi connectivity index (χ1n) is 8.25. The van der Waals surface area contributed by atoms with Crippen LogP contribution in [0.15, 0.2) is 41.8 Å². The highest BCUT2D eigenvalue weighted by molar-refractivity contribution is 5.92. The van der Waals surface area contributed by atoms with Gasteiger partial charge in [-0.25, -0.2) is 4.68 Å². The summed E-state index contributed by atoms with van der Waals surface area (Å²) in [5.74, 6) is 0.702. The molecule has 0 saturated carbocycles. The molecule has 0 N–H and O–H groups in total. The van der Waals surface area contributed by atoms with Gasteiger partial charge in [0.25, 0.3) is 5.91 Å². The highest BCUT2D eigenvalue weighted by Gasteiger charge is 2.29. The molecule has 1 atom stereocenters. The Kier molecular flexibility index (Phi) is 5.02. The number of carbonyl (C=O) groups is 1. The fourth-order valence-corrected chi connectivity index (χ4v) is 2.70. The Labute approximate surface area is 146 Å². The lowest BCUT2D eigenvalue weighted by molar-refractivity contribution is -0.141. The van der Waals surface area contributed by atoms with Gasteiger partial charge in [0.05, 0.1) is 24.7 Å². The first-order chi connectivity index (χ1) is 12.1. The van der Waals surface area contributed by atoms with Crippen molar-refractivity contribution in [3.8, 4) is 11.4 Å². The van der Waals surface area contributed by atoms with Gasteiger partial charge in [0, 0.05) is 37.8 Å². The smallest absolute Gasteiger partial charge is 0.266 e. The zero-order chi connectivity index (χ0) is 17.8. The monoisotopic (exact) mass is 342 g/mol. The number of carbonyl (C=O) groups excluding carboxylic acids is 1. The van der Waals surface area contributed by atoms with Gasteiger partial charge in [-0.1, -0.05) is 18.1 Å². The van der Waals surface area contributed by atoms with Crippen molar-refractivity contribution in [2.24, 2.45) is 5.16 Å². The van der Waals surface area contributed by atoms with Gasteiger partial charge in [-0.2, -0.15) is 5.10 Å². The summed E-state index contributed by atoms with van der Waals surface area (Å²) in [6.07, 6.45) is 4.53. The molecule has 0 radical (unpaired) electrons. The van der Waals surface area contributed by atoms with Crippen LogP contribution in [0.3, 0.4) is 0 Å². The summed E-state index contributed by atoms with van der Waals surface area (Å²) in [5, 5.41) is 8.31. The first-order valence-corrected chi connectivity index (χ1v) is 8.25. The first kappa shape index (κ1) is 17.0. The molecule has 132 valence electrons. The van der Waals surface area contributed by atoms with Crippen LogP contribution in [0.1, 0.15) is 25.3 Å². The Morgan fingerprint density at radius 2 is 2.32 bits per heavy atom. The van der Waals surface area contributed by atoms with Crippen LogP contribution in [-0.4, -0.2) is 46.6 Å². The topological polar surface area (TPSA) is 69.0 Å². The van der Waals surface area contributed by atoms with Crippen molar-refractivity contribution < 1.29 is 14.4 Å². The Bertz CT molecular complexity index is 784. The number of benzene rings is 1. The highest BCUT2D eigenvalue weighted by Crippen LogP contribution is 2.18. The number of ether oxygens (including phenoxy) is 1.